The molecule has 0 spiro atoms. The van der Waals surface area contributed by atoms with Gasteiger partial charge in [-0.1, -0.05) is 17.7 Å². The van der Waals surface area contributed by atoms with Gasteiger partial charge in [0.15, 0.2) is 0 Å². The molecular formula is C16H20N2O2. The molecule has 1 unspecified atom stereocenters. The van der Waals surface area contributed by atoms with Crippen molar-refractivity contribution in [1.82, 2.24) is 5.32 Å². The van der Waals surface area contributed by atoms with Crippen LogP contribution in [0.3, 0.4) is 0 Å². The molecule has 4 heteroatoms. The summed E-state index contributed by atoms with van der Waals surface area (Å²) in [6, 6.07) is 11.1. The van der Waals surface area contributed by atoms with Crippen molar-refractivity contribution in [3.63, 3.8) is 0 Å². The highest BCUT2D eigenvalue weighted by Crippen LogP contribution is 2.14. The lowest BCUT2D eigenvalue weighted by atomic mass is 10.2. The SMILES string of the molecule is Cc1ccc(NC(=O)C(C)N[C@@H](C)c2ccco2)cc1. The Morgan fingerprint density at radius 2 is 1.85 bits per heavy atom. The van der Waals surface area contributed by atoms with Crippen molar-refractivity contribution in [1.29, 1.82) is 0 Å². The first-order chi connectivity index (χ1) is 9.56. The van der Waals surface area contributed by atoms with Crippen LogP contribution >= 0.6 is 0 Å². The van der Waals surface area contributed by atoms with Crippen molar-refractivity contribution in [2.45, 2.75) is 32.9 Å². The van der Waals surface area contributed by atoms with Crippen molar-refractivity contribution in [3.8, 4) is 0 Å². The number of hydrogen-bond donors (Lipinski definition) is 2. The predicted octanol–water partition coefficient (Wildman–Crippen LogP) is 3.27. The van der Waals surface area contributed by atoms with Crippen molar-refractivity contribution in [2.24, 2.45) is 0 Å². The number of nitrogens with one attached hydrogen (secondary N) is 2. The van der Waals surface area contributed by atoms with Gasteiger partial charge in [0.2, 0.25) is 5.91 Å². The molecule has 2 rings (SSSR count). The van der Waals surface area contributed by atoms with E-state index < -0.39 is 0 Å². The summed E-state index contributed by atoms with van der Waals surface area (Å²) in [5.41, 5.74) is 1.97. The molecule has 2 N–H and O–H groups in total. The van der Waals surface area contributed by atoms with Gasteiger partial charge >= 0.3 is 0 Å². The van der Waals surface area contributed by atoms with Gasteiger partial charge in [0.1, 0.15) is 5.76 Å². The number of furan rings is 1. The van der Waals surface area contributed by atoms with Crippen molar-refractivity contribution in [3.05, 3.63) is 54.0 Å². The molecule has 4 nitrogen and oxygen atoms in total. The van der Waals surface area contributed by atoms with E-state index in [1.54, 1.807) is 6.26 Å². The minimum absolute atomic E-state index is 0.0104. The van der Waals surface area contributed by atoms with Crippen LogP contribution in [0.2, 0.25) is 0 Å². The normalized spacial score (nSPS) is 13.8. The number of aryl methyl sites for hydroxylation is 1. The van der Waals surface area contributed by atoms with E-state index in [0.29, 0.717) is 0 Å². The Morgan fingerprint density at radius 1 is 1.15 bits per heavy atom. The van der Waals surface area contributed by atoms with Gasteiger partial charge in [-0.2, -0.15) is 0 Å². The molecule has 0 saturated heterocycles. The zero-order valence-electron chi connectivity index (χ0n) is 12.0. The fourth-order valence-corrected chi connectivity index (χ4v) is 1.96. The Kier molecular flexibility index (Phi) is 4.58. The molecule has 0 bridgehead atoms. The predicted molar refractivity (Wildman–Crippen MR) is 79.5 cm³/mol. The molecule has 1 aromatic carbocycles. The number of carbonyl (C=O) groups excluding carboxylic acids is 1. The molecule has 0 saturated carbocycles. The van der Waals surface area contributed by atoms with Crippen LogP contribution in [0.1, 0.15) is 31.2 Å². The summed E-state index contributed by atoms with van der Waals surface area (Å²) in [4.78, 5) is 12.1. The maximum absolute atomic E-state index is 12.1. The third kappa shape index (κ3) is 3.71. The van der Waals surface area contributed by atoms with Crippen LogP contribution in [0.5, 0.6) is 0 Å². The van der Waals surface area contributed by atoms with Gasteiger partial charge in [0.05, 0.1) is 18.3 Å². The Labute approximate surface area is 119 Å². The summed E-state index contributed by atoms with van der Waals surface area (Å²) >= 11 is 0. The largest absolute Gasteiger partial charge is 0.468 e. The summed E-state index contributed by atoms with van der Waals surface area (Å²) in [6.07, 6.45) is 1.63. The smallest absolute Gasteiger partial charge is 0.241 e. The van der Waals surface area contributed by atoms with Gasteiger partial charge in [-0.3, -0.25) is 10.1 Å². The fraction of sp³-hybridized carbons (Fsp3) is 0.312. The average Bonchev–Trinajstić information content (AvgIpc) is 2.95. The van der Waals surface area contributed by atoms with Gasteiger partial charge in [0, 0.05) is 5.69 Å². The lowest BCUT2D eigenvalue weighted by molar-refractivity contribution is -0.118. The van der Waals surface area contributed by atoms with Gasteiger partial charge in [0.25, 0.3) is 0 Å². The maximum atomic E-state index is 12.1. The summed E-state index contributed by atoms with van der Waals surface area (Å²) in [6.45, 7) is 5.82. The van der Waals surface area contributed by atoms with E-state index >= 15 is 0 Å². The molecule has 20 heavy (non-hydrogen) atoms. The minimum Gasteiger partial charge on any atom is -0.468 e. The molecule has 1 amide bonds. The molecule has 0 aliphatic heterocycles. The zero-order valence-corrected chi connectivity index (χ0v) is 12.0. The summed E-state index contributed by atoms with van der Waals surface area (Å²) in [7, 11) is 0. The third-order valence-corrected chi connectivity index (χ3v) is 3.18. The molecule has 1 aromatic heterocycles. The van der Waals surface area contributed by atoms with Crippen molar-refractivity contribution < 1.29 is 9.21 Å². The molecule has 2 atom stereocenters. The van der Waals surface area contributed by atoms with Crippen LogP contribution in [0, 0.1) is 6.92 Å². The molecule has 0 radical (unpaired) electrons. The van der Waals surface area contributed by atoms with Crippen molar-refractivity contribution >= 4 is 11.6 Å². The quantitative estimate of drug-likeness (QED) is 0.878. The Balaban J connectivity index is 1.90. The Hall–Kier alpha value is -2.07. The lowest BCUT2D eigenvalue weighted by Gasteiger charge is -2.18. The first-order valence-corrected chi connectivity index (χ1v) is 6.73. The molecule has 106 valence electrons. The summed E-state index contributed by atoms with van der Waals surface area (Å²) < 4.78 is 5.31. The van der Waals surface area contributed by atoms with E-state index in [2.05, 4.69) is 10.6 Å². The second kappa shape index (κ2) is 6.39. The van der Waals surface area contributed by atoms with Crippen LogP contribution in [0.4, 0.5) is 5.69 Å². The summed E-state index contributed by atoms with van der Waals surface area (Å²) in [5.74, 6) is 0.757. The lowest BCUT2D eigenvalue weighted by Crippen LogP contribution is -2.39. The number of hydrogen-bond acceptors (Lipinski definition) is 3. The maximum Gasteiger partial charge on any atom is 0.241 e. The monoisotopic (exact) mass is 272 g/mol. The van der Waals surface area contributed by atoms with E-state index in [9.17, 15) is 4.79 Å². The fourth-order valence-electron chi connectivity index (χ4n) is 1.96. The Morgan fingerprint density at radius 3 is 2.45 bits per heavy atom. The standard InChI is InChI=1S/C16H20N2O2/c1-11-6-8-14(9-7-11)18-16(19)13(3)17-12(2)15-5-4-10-20-15/h4-10,12-13,17H,1-3H3,(H,18,19)/t12-,13?/m0/s1. The molecule has 1 heterocycles. The van der Waals surface area contributed by atoms with Gasteiger partial charge in [-0.25, -0.2) is 0 Å². The average molecular weight is 272 g/mol. The molecule has 0 aliphatic rings. The zero-order chi connectivity index (χ0) is 14.5. The highest BCUT2D eigenvalue weighted by atomic mass is 16.3. The molecular weight excluding hydrogens is 252 g/mol. The van der Waals surface area contributed by atoms with Crippen LogP contribution in [-0.4, -0.2) is 11.9 Å². The number of amides is 1. The first-order valence-electron chi connectivity index (χ1n) is 6.73. The third-order valence-electron chi connectivity index (χ3n) is 3.18. The second-order valence-electron chi connectivity index (χ2n) is 4.98. The number of carbonyl (C=O) groups is 1. The number of anilines is 1. The molecule has 2 aromatic rings. The topological polar surface area (TPSA) is 54.3 Å². The van der Waals surface area contributed by atoms with Crippen LogP contribution in [0.15, 0.2) is 47.1 Å². The molecule has 0 aliphatic carbocycles. The first kappa shape index (κ1) is 14.3. The van der Waals surface area contributed by atoms with E-state index in [4.69, 9.17) is 4.42 Å². The minimum atomic E-state index is -0.309. The Bertz CT molecular complexity index is 546. The van der Waals surface area contributed by atoms with E-state index in [-0.39, 0.29) is 18.0 Å². The van der Waals surface area contributed by atoms with Crippen LogP contribution in [0.25, 0.3) is 0 Å². The summed E-state index contributed by atoms with van der Waals surface area (Å²) in [5, 5.41) is 6.10. The van der Waals surface area contributed by atoms with Crippen LogP contribution < -0.4 is 10.6 Å². The highest BCUT2D eigenvalue weighted by molar-refractivity contribution is 5.94. The van der Waals surface area contributed by atoms with Gasteiger partial charge < -0.3 is 9.73 Å². The second-order valence-corrected chi connectivity index (χ2v) is 4.98. The number of rotatable bonds is 5. The van der Waals surface area contributed by atoms with Crippen LogP contribution in [-0.2, 0) is 4.79 Å². The van der Waals surface area contributed by atoms with Gasteiger partial charge in [-0.05, 0) is 45.0 Å². The van der Waals surface area contributed by atoms with E-state index in [1.165, 1.54) is 5.56 Å². The van der Waals surface area contributed by atoms with Gasteiger partial charge in [-0.15, -0.1) is 0 Å². The highest BCUT2D eigenvalue weighted by Gasteiger charge is 2.17. The van der Waals surface area contributed by atoms with Crippen molar-refractivity contribution in [2.75, 3.05) is 5.32 Å². The van der Waals surface area contributed by atoms with E-state index in [1.807, 2.05) is 57.2 Å². The number of benzene rings is 1. The molecule has 0 fully saturated rings. The van der Waals surface area contributed by atoms with E-state index in [0.717, 1.165) is 11.4 Å².